The number of nitrogens with one attached hydrogen (secondary N) is 1. The topological polar surface area (TPSA) is 29.1 Å². The summed E-state index contributed by atoms with van der Waals surface area (Å²) in [6.07, 6.45) is 2.22. The van der Waals surface area contributed by atoms with E-state index in [1.54, 1.807) is 0 Å². The Balaban J connectivity index is 2.58. The molecule has 0 aliphatic heterocycles. The summed E-state index contributed by atoms with van der Waals surface area (Å²) in [5.41, 5.74) is 3.69. The van der Waals surface area contributed by atoms with Gasteiger partial charge in [0.1, 0.15) is 0 Å². The standard InChI is InChI=1S/C15H25NOS/c1-5-6-15(16-4)11-18(17)10-14-8-12(2)7-13(3)9-14/h7-9,15-16H,5-6,10-11H2,1-4H3. The molecule has 0 saturated carbocycles. The highest BCUT2D eigenvalue weighted by Crippen LogP contribution is 2.12. The van der Waals surface area contributed by atoms with Crippen LogP contribution in [0.25, 0.3) is 0 Å². The van der Waals surface area contributed by atoms with E-state index in [4.69, 9.17) is 0 Å². The van der Waals surface area contributed by atoms with Crippen molar-refractivity contribution in [2.75, 3.05) is 12.8 Å². The summed E-state index contributed by atoms with van der Waals surface area (Å²) in [5, 5.41) is 3.25. The van der Waals surface area contributed by atoms with Crippen LogP contribution < -0.4 is 5.32 Å². The summed E-state index contributed by atoms with van der Waals surface area (Å²) >= 11 is 0. The van der Waals surface area contributed by atoms with Crippen molar-refractivity contribution in [3.8, 4) is 0 Å². The first-order valence-corrected chi connectivity index (χ1v) is 8.13. The maximum Gasteiger partial charge on any atom is 0.0486 e. The fourth-order valence-corrected chi connectivity index (χ4v) is 3.72. The molecule has 0 aliphatic carbocycles. The van der Waals surface area contributed by atoms with Gasteiger partial charge < -0.3 is 5.32 Å². The van der Waals surface area contributed by atoms with E-state index in [0.29, 0.717) is 11.8 Å². The molecule has 0 spiro atoms. The van der Waals surface area contributed by atoms with Gasteiger partial charge in [0.25, 0.3) is 0 Å². The third-order valence-corrected chi connectivity index (χ3v) is 4.47. The van der Waals surface area contributed by atoms with Crippen LogP contribution in [-0.4, -0.2) is 23.1 Å². The van der Waals surface area contributed by atoms with Crippen molar-refractivity contribution in [1.82, 2.24) is 5.32 Å². The van der Waals surface area contributed by atoms with Crippen LogP contribution in [0.15, 0.2) is 18.2 Å². The number of benzene rings is 1. The molecule has 102 valence electrons. The summed E-state index contributed by atoms with van der Waals surface area (Å²) in [6, 6.07) is 6.81. The van der Waals surface area contributed by atoms with Gasteiger partial charge in [0, 0.05) is 28.3 Å². The van der Waals surface area contributed by atoms with Gasteiger partial charge in [-0.1, -0.05) is 42.7 Å². The smallest absolute Gasteiger partial charge is 0.0486 e. The molecule has 0 saturated heterocycles. The van der Waals surface area contributed by atoms with Gasteiger partial charge in [-0.2, -0.15) is 0 Å². The minimum atomic E-state index is -0.781. The van der Waals surface area contributed by atoms with Crippen LogP contribution in [0.5, 0.6) is 0 Å². The molecule has 0 fully saturated rings. The normalized spacial score (nSPS) is 14.4. The molecule has 0 radical (unpaired) electrons. The Morgan fingerprint density at radius 2 is 1.83 bits per heavy atom. The Labute approximate surface area is 114 Å². The first-order valence-electron chi connectivity index (χ1n) is 6.64. The zero-order chi connectivity index (χ0) is 13.5. The monoisotopic (exact) mass is 267 g/mol. The molecule has 2 unspecified atom stereocenters. The summed E-state index contributed by atoms with van der Waals surface area (Å²) < 4.78 is 12.2. The van der Waals surface area contributed by atoms with Crippen molar-refractivity contribution in [2.45, 2.75) is 45.4 Å². The van der Waals surface area contributed by atoms with Crippen LogP contribution in [0, 0.1) is 13.8 Å². The largest absolute Gasteiger partial charge is 0.316 e. The van der Waals surface area contributed by atoms with Crippen LogP contribution in [0.1, 0.15) is 36.5 Å². The van der Waals surface area contributed by atoms with E-state index in [0.717, 1.165) is 18.6 Å². The third kappa shape index (κ3) is 5.32. The molecule has 3 heteroatoms. The Kier molecular flexibility index (Phi) is 6.58. The summed E-state index contributed by atoms with van der Waals surface area (Å²) in [6.45, 7) is 6.34. The van der Waals surface area contributed by atoms with Crippen LogP contribution in [0.4, 0.5) is 0 Å². The molecule has 1 N–H and O–H groups in total. The van der Waals surface area contributed by atoms with Crippen molar-refractivity contribution in [1.29, 1.82) is 0 Å². The number of hydrogen-bond donors (Lipinski definition) is 1. The maximum absolute atomic E-state index is 12.2. The lowest BCUT2D eigenvalue weighted by molar-refractivity contribution is 0.557. The van der Waals surface area contributed by atoms with Crippen LogP contribution in [0.3, 0.4) is 0 Å². The average Bonchev–Trinajstić information content (AvgIpc) is 2.26. The molecule has 0 aromatic heterocycles. The molecule has 0 heterocycles. The molecule has 1 aromatic carbocycles. The van der Waals surface area contributed by atoms with Gasteiger partial charge in [0.2, 0.25) is 0 Å². The van der Waals surface area contributed by atoms with E-state index in [-0.39, 0.29) is 0 Å². The van der Waals surface area contributed by atoms with E-state index >= 15 is 0 Å². The molecule has 1 rings (SSSR count). The zero-order valence-electron chi connectivity index (χ0n) is 12.0. The molecule has 2 atom stereocenters. The fraction of sp³-hybridized carbons (Fsp3) is 0.600. The molecule has 0 amide bonds. The van der Waals surface area contributed by atoms with Gasteiger partial charge >= 0.3 is 0 Å². The van der Waals surface area contributed by atoms with Gasteiger partial charge in [-0.3, -0.25) is 4.21 Å². The highest BCUT2D eigenvalue weighted by atomic mass is 32.2. The van der Waals surface area contributed by atoms with Crippen LogP contribution >= 0.6 is 0 Å². The van der Waals surface area contributed by atoms with Gasteiger partial charge in [0.15, 0.2) is 0 Å². The Bertz CT molecular complexity index is 383. The number of aryl methyl sites for hydroxylation is 2. The highest BCUT2D eigenvalue weighted by Gasteiger charge is 2.10. The summed E-state index contributed by atoms with van der Waals surface area (Å²) in [7, 11) is 1.17. The SMILES string of the molecule is CCCC(CS(=O)Cc1cc(C)cc(C)c1)NC. The van der Waals surface area contributed by atoms with E-state index in [9.17, 15) is 4.21 Å². The molecular weight excluding hydrogens is 242 g/mol. The fourth-order valence-electron chi connectivity index (χ4n) is 2.28. The summed E-state index contributed by atoms with van der Waals surface area (Å²) in [4.78, 5) is 0. The predicted octanol–water partition coefficient (Wildman–Crippen LogP) is 2.94. The second-order valence-corrected chi connectivity index (χ2v) is 6.52. The van der Waals surface area contributed by atoms with E-state index < -0.39 is 10.8 Å². The van der Waals surface area contributed by atoms with E-state index in [2.05, 4.69) is 44.3 Å². The van der Waals surface area contributed by atoms with Crippen molar-refractivity contribution >= 4 is 10.8 Å². The Morgan fingerprint density at radius 3 is 2.33 bits per heavy atom. The quantitative estimate of drug-likeness (QED) is 0.823. The minimum Gasteiger partial charge on any atom is -0.316 e. The van der Waals surface area contributed by atoms with Crippen LogP contribution in [-0.2, 0) is 16.6 Å². The zero-order valence-corrected chi connectivity index (χ0v) is 12.8. The lowest BCUT2D eigenvalue weighted by Gasteiger charge is -2.14. The second kappa shape index (κ2) is 7.70. The van der Waals surface area contributed by atoms with E-state index in [1.807, 2.05) is 7.05 Å². The lowest BCUT2D eigenvalue weighted by atomic mass is 10.1. The molecule has 2 nitrogen and oxygen atoms in total. The van der Waals surface area contributed by atoms with Crippen molar-refractivity contribution in [3.05, 3.63) is 34.9 Å². The van der Waals surface area contributed by atoms with Crippen LogP contribution in [0.2, 0.25) is 0 Å². The number of rotatable bonds is 7. The highest BCUT2D eigenvalue weighted by molar-refractivity contribution is 7.84. The van der Waals surface area contributed by atoms with Gasteiger partial charge in [0.05, 0.1) is 0 Å². The van der Waals surface area contributed by atoms with Gasteiger partial charge in [-0.25, -0.2) is 0 Å². The van der Waals surface area contributed by atoms with Crippen molar-refractivity contribution in [3.63, 3.8) is 0 Å². The average molecular weight is 267 g/mol. The Hall–Kier alpha value is -0.670. The molecule has 0 aliphatic rings. The van der Waals surface area contributed by atoms with Crippen molar-refractivity contribution in [2.24, 2.45) is 0 Å². The first-order chi connectivity index (χ1) is 8.55. The first kappa shape index (κ1) is 15.4. The van der Waals surface area contributed by atoms with Crippen molar-refractivity contribution < 1.29 is 4.21 Å². The maximum atomic E-state index is 12.2. The lowest BCUT2D eigenvalue weighted by Crippen LogP contribution is -2.31. The molecular formula is C15H25NOS. The summed E-state index contributed by atoms with van der Waals surface area (Å²) in [5.74, 6) is 1.42. The predicted molar refractivity (Wildman–Crippen MR) is 80.4 cm³/mol. The number of hydrogen-bond acceptors (Lipinski definition) is 2. The molecule has 18 heavy (non-hydrogen) atoms. The molecule has 0 bridgehead atoms. The minimum absolute atomic E-state index is 0.377. The third-order valence-electron chi connectivity index (χ3n) is 3.04. The van der Waals surface area contributed by atoms with Gasteiger partial charge in [-0.05, 0) is 32.9 Å². The second-order valence-electron chi connectivity index (χ2n) is 5.02. The Morgan fingerprint density at radius 1 is 1.22 bits per heavy atom. The van der Waals surface area contributed by atoms with E-state index in [1.165, 1.54) is 16.7 Å². The molecule has 1 aromatic rings. The van der Waals surface area contributed by atoms with Gasteiger partial charge in [-0.15, -0.1) is 0 Å².